The third-order valence-electron chi connectivity index (χ3n) is 11.3. The molecule has 1 unspecified atom stereocenters. The lowest BCUT2D eigenvalue weighted by Crippen LogP contribution is -2.33. The van der Waals surface area contributed by atoms with Gasteiger partial charge < -0.3 is 14.6 Å². The molecule has 4 heteroatoms. The Balaban J connectivity index is 1.01. The van der Waals surface area contributed by atoms with Gasteiger partial charge in [0, 0.05) is 44.5 Å². The van der Waals surface area contributed by atoms with Crippen molar-refractivity contribution in [2.75, 3.05) is 4.90 Å². The van der Waals surface area contributed by atoms with Crippen LogP contribution in [0.2, 0.25) is 0 Å². The molecule has 1 aromatic heterocycles. The number of amidine groups is 1. The van der Waals surface area contributed by atoms with Crippen molar-refractivity contribution in [2.45, 2.75) is 6.04 Å². The molecule has 0 saturated carbocycles. The Morgan fingerprint density at radius 2 is 0.948 bits per heavy atom. The van der Waals surface area contributed by atoms with Gasteiger partial charge in [-0.3, -0.25) is 0 Å². The van der Waals surface area contributed by atoms with Crippen LogP contribution in [-0.2, 0) is 0 Å². The molecule has 0 fully saturated rings. The maximum atomic E-state index is 6.86. The van der Waals surface area contributed by atoms with Crippen molar-refractivity contribution in [1.82, 2.24) is 5.32 Å². The van der Waals surface area contributed by atoms with Gasteiger partial charge in [-0.1, -0.05) is 133 Å². The van der Waals surface area contributed by atoms with Crippen LogP contribution in [-0.4, -0.2) is 5.84 Å². The highest BCUT2D eigenvalue weighted by Gasteiger charge is 2.28. The van der Waals surface area contributed by atoms with E-state index < -0.39 is 0 Å². The summed E-state index contributed by atoms with van der Waals surface area (Å²) in [6.07, 6.45) is 0. The first-order chi connectivity index (χ1) is 28.7. The second-order valence-electron chi connectivity index (χ2n) is 14.8. The lowest BCUT2D eigenvalue weighted by Gasteiger charge is -2.29. The minimum Gasteiger partial charge on any atom is -0.456 e. The van der Waals surface area contributed by atoms with E-state index in [1.54, 1.807) is 0 Å². The predicted octanol–water partition coefficient (Wildman–Crippen LogP) is 14.3. The first kappa shape index (κ1) is 33.6. The van der Waals surface area contributed by atoms with Gasteiger partial charge in [0.25, 0.3) is 0 Å². The molecule has 10 aromatic rings. The molecule has 0 bridgehead atoms. The van der Waals surface area contributed by atoms with Crippen LogP contribution in [0, 0.1) is 0 Å². The van der Waals surface area contributed by atoms with Crippen LogP contribution >= 0.6 is 0 Å². The molecule has 0 radical (unpaired) electrons. The summed E-state index contributed by atoms with van der Waals surface area (Å²) in [4.78, 5) is 7.52. The standard InChI is InChI=1S/C54H37N3O/c1-4-14-36(15-5-1)38-24-28-44(29-25-38)57(43-20-8-3-9-21-43)45-30-26-39(27-31-45)54-55-50-23-13-12-22-46(50)52(56-54)49-34-42(37-16-6-2-7-17-37)33-48-47-32-40-18-10-11-19-41(40)35-51(47)58-53(48)49/h1-35,52H,(H,55,56). The third kappa shape index (κ3) is 5.99. The average molecular weight is 744 g/mol. The van der Waals surface area contributed by atoms with Gasteiger partial charge in [-0.15, -0.1) is 0 Å². The van der Waals surface area contributed by atoms with Crippen molar-refractivity contribution in [3.8, 4) is 22.3 Å². The zero-order valence-electron chi connectivity index (χ0n) is 31.6. The molecule has 11 rings (SSSR count). The topological polar surface area (TPSA) is 40.8 Å². The number of rotatable bonds is 7. The first-order valence-electron chi connectivity index (χ1n) is 19.7. The van der Waals surface area contributed by atoms with E-state index in [9.17, 15) is 0 Å². The summed E-state index contributed by atoms with van der Waals surface area (Å²) in [7, 11) is 0. The number of para-hydroxylation sites is 2. The fraction of sp³-hybridized carbons (Fsp3) is 0.0185. The van der Waals surface area contributed by atoms with Gasteiger partial charge in [-0.25, -0.2) is 4.99 Å². The molecule has 9 aromatic carbocycles. The summed E-state index contributed by atoms with van der Waals surface area (Å²) in [6, 6.07) is 74.9. The van der Waals surface area contributed by atoms with Gasteiger partial charge in [0.15, 0.2) is 0 Å². The highest BCUT2D eigenvalue weighted by Crippen LogP contribution is 2.43. The maximum absolute atomic E-state index is 6.86. The van der Waals surface area contributed by atoms with E-state index in [0.717, 1.165) is 83.7 Å². The van der Waals surface area contributed by atoms with Gasteiger partial charge in [-0.05, 0) is 112 Å². The fourth-order valence-corrected chi connectivity index (χ4v) is 8.42. The van der Waals surface area contributed by atoms with Crippen LogP contribution in [0.25, 0.3) is 55.0 Å². The number of furan rings is 1. The smallest absolute Gasteiger partial charge is 0.141 e. The van der Waals surface area contributed by atoms with Gasteiger partial charge in [-0.2, -0.15) is 0 Å². The molecule has 2 heterocycles. The number of nitrogens with one attached hydrogen (secondary N) is 1. The minimum absolute atomic E-state index is 0.214. The van der Waals surface area contributed by atoms with Gasteiger partial charge >= 0.3 is 0 Å². The average Bonchev–Trinajstić information content (AvgIpc) is 3.66. The maximum Gasteiger partial charge on any atom is 0.141 e. The second-order valence-corrected chi connectivity index (χ2v) is 14.8. The summed E-state index contributed by atoms with van der Waals surface area (Å²) >= 11 is 0. The van der Waals surface area contributed by atoms with Crippen LogP contribution < -0.4 is 10.2 Å². The zero-order valence-corrected chi connectivity index (χ0v) is 31.6. The van der Waals surface area contributed by atoms with E-state index in [0.29, 0.717) is 0 Å². The highest BCUT2D eigenvalue weighted by atomic mass is 16.3. The molecule has 1 aliphatic heterocycles. The van der Waals surface area contributed by atoms with Crippen LogP contribution in [0.1, 0.15) is 22.7 Å². The molecular weight excluding hydrogens is 707 g/mol. The largest absolute Gasteiger partial charge is 0.456 e. The van der Waals surface area contributed by atoms with Crippen LogP contribution in [0.5, 0.6) is 0 Å². The van der Waals surface area contributed by atoms with E-state index in [1.807, 2.05) is 0 Å². The Kier molecular flexibility index (Phi) is 8.18. The summed E-state index contributed by atoms with van der Waals surface area (Å²) in [6.45, 7) is 0. The Morgan fingerprint density at radius 1 is 0.414 bits per heavy atom. The minimum atomic E-state index is -0.214. The van der Waals surface area contributed by atoms with E-state index >= 15 is 0 Å². The third-order valence-corrected chi connectivity index (χ3v) is 11.3. The van der Waals surface area contributed by atoms with Crippen LogP contribution in [0.4, 0.5) is 22.7 Å². The molecule has 58 heavy (non-hydrogen) atoms. The molecule has 1 atom stereocenters. The Labute approximate surface area is 337 Å². The summed E-state index contributed by atoms with van der Waals surface area (Å²) < 4.78 is 6.86. The number of hydrogen-bond donors (Lipinski definition) is 1. The Hall–Kier alpha value is -7.69. The van der Waals surface area contributed by atoms with Gasteiger partial charge in [0.05, 0.1) is 11.7 Å². The SMILES string of the molecule is c1ccc(-c2ccc(N(c3ccccc3)c3ccc(C4=Nc5ccccc5C(c5cc(-c6ccccc6)cc6c5oc5cc7ccccc7cc56)N4)cc3)cc2)cc1. The fourth-order valence-electron chi connectivity index (χ4n) is 8.42. The molecule has 1 aliphatic rings. The quantitative estimate of drug-likeness (QED) is 0.177. The number of hydrogen-bond acceptors (Lipinski definition) is 4. The number of fused-ring (bicyclic) bond motifs is 5. The van der Waals surface area contributed by atoms with E-state index in [2.05, 4.69) is 223 Å². The van der Waals surface area contributed by atoms with E-state index in [4.69, 9.17) is 9.41 Å². The van der Waals surface area contributed by atoms with Crippen molar-refractivity contribution >= 4 is 61.3 Å². The van der Waals surface area contributed by atoms with Crippen molar-refractivity contribution in [2.24, 2.45) is 4.99 Å². The summed E-state index contributed by atoms with van der Waals surface area (Å²) in [5.41, 5.74) is 13.8. The number of nitrogens with zero attached hydrogens (tertiary/aromatic N) is 2. The van der Waals surface area contributed by atoms with Crippen LogP contribution in [0.15, 0.2) is 222 Å². The highest BCUT2D eigenvalue weighted by molar-refractivity contribution is 6.12. The van der Waals surface area contributed by atoms with Gasteiger partial charge in [0.2, 0.25) is 0 Å². The number of benzene rings is 9. The van der Waals surface area contributed by atoms with Crippen molar-refractivity contribution < 1.29 is 4.42 Å². The Bertz CT molecular complexity index is 3120. The molecule has 274 valence electrons. The van der Waals surface area contributed by atoms with E-state index in [1.165, 1.54) is 16.5 Å². The molecule has 0 saturated heterocycles. The summed E-state index contributed by atoms with van der Waals surface area (Å²) in [5.74, 6) is 0.814. The van der Waals surface area contributed by atoms with Crippen molar-refractivity contribution in [1.29, 1.82) is 0 Å². The lowest BCUT2D eigenvalue weighted by molar-refractivity contribution is 0.649. The molecule has 0 spiro atoms. The molecule has 4 nitrogen and oxygen atoms in total. The van der Waals surface area contributed by atoms with E-state index in [-0.39, 0.29) is 6.04 Å². The van der Waals surface area contributed by atoms with Crippen molar-refractivity contribution in [3.63, 3.8) is 0 Å². The molecule has 0 amide bonds. The second kappa shape index (κ2) is 14.1. The normalized spacial score (nSPS) is 13.6. The summed E-state index contributed by atoms with van der Waals surface area (Å²) in [5, 5.41) is 8.46. The van der Waals surface area contributed by atoms with Gasteiger partial charge in [0.1, 0.15) is 17.0 Å². The lowest BCUT2D eigenvalue weighted by atomic mass is 9.90. The molecule has 1 N–H and O–H groups in total. The number of anilines is 3. The molecule has 0 aliphatic carbocycles. The number of aliphatic imine (C=N–C) groups is 1. The molecular formula is C54H37N3O. The van der Waals surface area contributed by atoms with Crippen LogP contribution in [0.3, 0.4) is 0 Å². The zero-order chi connectivity index (χ0) is 38.4. The van der Waals surface area contributed by atoms with Crippen molar-refractivity contribution in [3.05, 3.63) is 229 Å². The predicted molar refractivity (Wildman–Crippen MR) is 241 cm³/mol. The first-order valence-corrected chi connectivity index (χ1v) is 19.7. The Morgan fingerprint density at radius 3 is 1.64 bits per heavy atom. The monoisotopic (exact) mass is 743 g/mol.